The second kappa shape index (κ2) is 3.12. The van der Waals surface area contributed by atoms with Crippen LogP contribution in [0.15, 0.2) is 0 Å². The quantitative estimate of drug-likeness (QED) is 0.736. The van der Waals surface area contributed by atoms with E-state index in [2.05, 4.69) is 11.9 Å². The normalized spacial score (nSPS) is 20.6. The van der Waals surface area contributed by atoms with Gasteiger partial charge >= 0.3 is 5.97 Å². The standard InChI is InChI=1S/C10H14N2O2/c1-6-3-4-8-9(10(13)14)11-7(2)12(8)5-6/h6H,3-5H2,1-2H3,(H,13,14). The average Bonchev–Trinajstić information content (AvgIpc) is 2.44. The van der Waals surface area contributed by atoms with Gasteiger partial charge in [0, 0.05) is 6.54 Å². The number of carboxylic acid groups (broad SMARTS) is 1. The maximum absolute atomic E-state index is 10.9. The van der Waals surface area contributed by atoms with Crippen LogP contribution in [0.4, 0.5) is 0 Å². The van der Waals surface area contributed by atoms with Crippen molar-refractivity contribution in [3.05, 3.63) is 17.2 Å². The molecule has 0 aliphatic carbocycles. The maximum Gasteiger partial charge on any atom is 0.356 e. The predicted molar refractivity (Wildman–Crippen MR) is 51.4 cm³/mol. The molecule has 2 rings (SSSR count). The molecule has 2 heterocycles. The maximum atomic E-state index is 10.9. The van der Waals surface area contributed by atoms with Crippen molar-refractivity contribution in [3.8, 4) is 0 Å². The SMILES string of the molecule is Cc1nc(C(=O)O)c2n1CC(C)CC2. The zero-order valence-electron chi connectivity index (χ0n) is 8.45. The number of aromatic nitrogens is 2. The minimum absolute atomic E-state index is 0.245. The van der Waals surface area contributed by atoms with Gasteiger partial charge in [0.2, 0.25) is 0 Å². The van der Waals surface area contributed by atoms with Crippen LogP contribution in [0.25, 0.3) is 0 Å². The van der Waals surface area contributed by atoms with E-state index < -0.39 is 5.97 Å². The Morgan fingerprint density at radius 1 is 1.64 bits per heavy atom. The molecule has 0 saturated carbocycles. The van der Waals surface area contributed by atoms with Gasteiger partial charge in [0.1, 0.15) is 5.82 Å². The first-order chi connectivity index (χ1) is 6.59. The minimum atomic E-state index is -0.906. The van der Waals surface area contributed by atoms with Gasteiger partial charge in [-0.05, 0) is 25.7 Å². The lowest BCUT2D eigenvalue weighted by molar-refractivity contribution is 0.0689. The highest BCUT2D eigenvalue weighted by Crippen LogP contribution is 2.23. The topological polar surface area (TPSA) is 55.1 Å². The van der Waals surface area contributed by atoms with Crippen molar-refractivity contribution in [2.75, 3.05) is 0 Å². The number of hydrogen-bond donors (Lipinski definition) is 1. The summed E-state index contributed by atoms with van der Waals surface area (Å²) in [5, 5.41) is 8.94. The second-order valence-corrected chi connectivity index (χ2v) is 4.01. The molecule has 1 atom stereocenters. The Hall–Kier alpha value is -1.32. The van der Waals surface area contributed by atoms with Gasteiger partial charge in [-0.1, -0.05) is 6.92 Å². The summed E-state index contributed by atoms with van der Waals surface area (Å²) >= 11 is 0. The van der Waals surface area contributed by atoms with Crippen LogP contribution in [0.2, 0.25) is 0 Å². The minimum Gasteiger partial charge on any atom is -0.476 e. The van der Waals surface area contributed by atoms with Crippen molar-refractivity contribution >= 4 is 5.97 Å². The number of aromatic carboxylic acids is 1. The van der Waals surface area contributed by atoms with Gasteiger partial charge in [-0.25, -0.2) is 9.78 Å². The summed E-state index contributed by atoms with van der Waals surface area (Å²) in [5.41, 5.74) is 1.14. The lowest BCUT2D eigenvalue weighted by Gasteiger charge is -2.21. The highest BCUT2D eigenvalue weighted by Gasteiger charge is 2.24. The van der Waals surface area contributed by atoms with E-state index >= 15 is 0 Å². The van der Waals surface area contributed by atoms with Crippen LogP contribution < -0.4 is 0 Å². The van der Waals surface area contributed by atoms with E-state index in [1.165, 1.54) is 0 Å². The number of aryl methyl sites for hydroxylation is 1. The lowest BCUT2D eigenvalue weighted by atomic mass is 9.99. The largest absolute Gasteiger partial charge is 0.476 e. The summed E-state index contributed by atoms with van der Waals surface area (Å²) in [5.74, 6) is 0.539. The van der Waals surface area contributed by atoms with Crippen molar-refractivity contribution in [3.63, 3.8) is 0 Å². The summed E-state index contributed by atoms with van der Waals surface area (Å²) in [6.45, 7) is 4.96. The number of nitrogens with zero attached hydrogens (tertiary/aromatic N) is 2. The van der Waals surface area contributed by atoms with Gasteiger partial charge in [0.05, 0.1) is 5.69 Å². The van der Waals surface area contributed by atoms with Crippen LogP contribution in [-0.2, 0) is 13.0 Å². The highest BCUT2D eigenvalue weighted by atomic mass is 16.4. The van der Waals surface area contributed by atoms with E-state index in [4.69, 9.17) is 5.11 Å². The van der Waals surface area contributed by atoms with Crippen molar-refractivity contribution in [2.45, 2.75) is 33.2 Å². The first-order valence-corrected chi connectivity index (χ1v) is 4.89. The molecule has 1 aliphatic rings. The molecule has 0 spiro atoms. The smallest absolute Gasteiger partial charge is 0.356 e. The van der Waals surface area contributed by atoms with Crippen LogP contribution in [0.1, 0.15) is 35.4 Å². The lowest BCUT2D eigenvalue weighted by Crippen LogP contribution is -2.19. The third kappa shape index (κ3) is 1.31. The van der Waals surface area contributed by atoms with Crippen molar-refractivity contribution in [1.82, 2.24) is 9.55 Å². The molecule has 1 N–H and O–H groups in total. The van der Waals surface area contributed by atoms with E-state index in [9.17, 15) is 4.79 Å². The van der Waals surface area contributed by atoms with Gasteiger partial charge in [-0.15, -0.1) is 0 Å². The van der Waals surface area contributed by atoms with Crippen molar-refractivity contribution in [2.24, 2.45) is 5.92 Å². The monoisotopic (exact) mass is 194 g/mol. The summed E-state index contributed by atoms with van der Waals surface area (Å²) in [7, 11) is 0. The molecular weight excluding hydrogens is 180 g/mol. The summed E-state index contributed by atoms with van der Waals surface area (Å²) in [4.78, 5) is 15.0. The van der Waals surface area contributed by atoms with Gasteiger partial charge in [0.25, 0.3) is 0 Å². The molecule has 14 heavy (non-hydrogen) atoms. The molecule has 0 amide bonds. The fraction of sp³-hybridized carbons (Fsp3) is 0.600. The number of fused-ring (bicyclic) bond motifs is 1. The molecule has 76 valence electrons. The third-order valence-corrected chi connectivity index (χ3v) is 2.83. The molecule has 1 aromatic rings. The Balaban J connectivity index is 2.49. The van der Waals surface area contributed by atoms with E-state index in [1.54, 1.807) is 0 Å². The molecule has 0 radical (unpaired) electrons. The molecule has 0 bridgehead atoms. The van der Waals surface area contributed by atoms with E-state index in [0.717, 1.165) is 30.9 Å². The number of rotatable bonds is 1. The molecule has 1 unspecified atom stereocenters. The van der Waals surface area contributed by atoms with Crippen molar-refractivity contribution < 1.29 is 9.90 Å². The van der Waals surface area contributed by atoms with Crippen LogP contribution in [-0.4, -0.2) is 20.6 Å². The average molecular weight is 194 g/mol. The van der Waals surface area contributed by atoms with E-state index in [-0.39, 0.29) is 5.69 Å². The first kappa shape index (κ1) is 9.24. The fourth-order valence-corrected chi connectivity index (χ4v) is 2.06. The zero-order valence-corrected chi connectivity index (χ0v) is 8.45. The van der Waals surface area contributed by atoms with E-state index in [0.29, 0.717) is 5.92 Å². The van der Waals surface area contributed by atoms with Crippen LogP contribution in [0.5, 0.6) is 0 Å². The molecule has 1 aliphatic heterocycles. The van der Waals surface area contributed by atoms with Gasteiger partial charge < -0.3 is 9.67 Å². The fourth-order valence-electron chi connectivity index (χ4n) is 2.06. The summed E-state index contributed by atoms with van der Waals surface area (Å²) in [6, 6.07) is 0. The van der Waals surface area contributed by atoms with Gasteiger partial charge in [-0.2, -0.15) is 0 Å². The number of carbonyl (C=O) groups is 1. The third-order valence-electron chi connectivity index (χ3n) is 2.83. The number of hydrogen-bond acceptors (Lipinski definition) is 2. The number of carboxylic acids is 1. The zero-order chi connectivity index (χ0) is 10.3. The Kier molecular flexibility index (Phi) is 2.06. The Bertz CT molecular complexity index is 382. The molecule has 4 nitrogen and oxygen atoms in total. The molecule has 0 saturated heterocycles. The predicted octanol–water partition coefficient (Wildman–Crippen LogP) is 1.47. The summed E-state index contributed by atoms with van der Waals surface area (Å²) in [6.07, 6.45) is 1.90. The molecular formula is C10H14N2O2. The van der Waals surface area contributed by atoms with Crippen LogP contribution in [0, 0.1) is 12.8 Å². The Morgan fingerprint density at radius 3 is 3.00 bits per heavy atom. The molecule has 1 aromatic heterocycles. The summed E-state index contributed by atoms with van der Waals surface area (Å²) < 4.78 is 2.04. The van der Waals surface area contributed by atoms with Crippen molar-refractivity contribution in [1.29, 1.82) is 0 Å². The molecule has 0 aromatic carbocycles. The van der Waals surface area contributed by atoms with E-state index in [1.807, 2.05) is 11.5 Å². The second-order valence-electron chi connectivity index (χ2n) is 4.01. The highest BCUT2D eigenvalue weighted by molar-refractivity contribution is 5.86. The number of imidazole rings is 1. The Morgan fingerprint density at radius 2 is 2.36 bits per heavy atom. The Labute approximate surface area is 82.6 Å². The molecule has 0 fully saturated rings. The van der Waals surface area contributed by atoms with Gasteiger partial charge in [-0.3, -0.25) is 0 Å². The van der Waals surface area contributed by atoms with Gasteiger partial charge in [0.15, 0.2) is 5.69 Å². The van der Waals surface area contributed by atoms with Crippen LogP contribution in [0.3, 0.4) is 0 Å². The first-order valence-electron chi connectivity index (χ1n) is 4.89. The molecule has 4 heteroatoms. The van der Waals surface area contributed by atoms with Crippen LogP contribution >= 0.6 is 0 Å².